The molecule has 0 heterocycles. The van der Waals surface area contributed by atoms with E-state index in [9.17, 15) is 9.59 Å². The van der Waals surface area contributed by atoms with Gasteiger partial charge in [-0.1, -0.05) is 27.0 Å². The fourth-order valence-electron chi connectivity index (χ4n) is 0. The quantitative estimate of drug-likeness (QED) is 0.734. The number of ether oxygens (including phenoxy) is 1. The molecule has 0 aliphatic heterocycles. The molecule has 0 atom stereocenters. The Morgan fingerprint density at radius 3 is 0.941 bits per heavy atom. The van der Waals surface area contributed by atoms with Crippen molar-refractivity contribution in [1.29, 1.82) is 0 Å². The Morgan fingerprint density at radius 2 is 0.941 bits per heavy atom. The van der Waals surface area contributed by atoms with E-state index in [0.29, 0.717) is 0 Å². The van der Waals surface area contributed by atoms with Crippen molar-refractivity contribution in [3.63, 3.8) is 0 Å². The monoisotopic (exact) mass is 248 g/mol. The van der Waals surface area contributed by atoms with Gasteiger partial charge in [-0.25, -0.2) is 9.59 Å². The number of carboxylic acids is 2. The van der Waals surface area contributed by atoms with E-state index >= 15 is 0 Å². The lowest BCUT2D eigenvalue weighted by Crippen LogP contribution is -1.92. The standard InChI is InChI=1S/2C4H6O2.C2H6O.C2H6/c2*1-3(2)4(5)6;1-3-2;1-2/h2*1H2,2H3,(H,5,6);1-2H3;1-2H3. The number of methoxy groups -OCH3 is 1. The third-order valence-electron chi connectivity index (χ3n) is 0.730. The molecule has 0 radical (unpaired) electrons. The van der Waals surface area contributed by atoms with Gasteiger partial charge in [0.2, 0.25) is 0 Å². The molecule has 0 fully saturated rings. The first-order chi connectivity index (χ1) is 7.70. The van der Waals surface area contributed by atoms with E-state index in [4.69, 9.17) is 10.2 Å². The summed E-state index contributed by atoms with van der Waals surface area (Å²) in [6.07, 6.45) is 0. The van der Waals surface area contributed by atoms with Gasteiger partial charge in [0.25, 0.3) is 0 Å². The zero-order chi connectivity index (χ0) is 15.0. The molecule has 0 saturated carbocycles. The zero-order valence-corrected chi connectivity index (χ0v) is 11.5. The van der Waals surface area contributed by atoms with Gasteiger partial charge in [0.1, 0.15) is 0 Å². The Balaban J connectivity index is -0.0000000727. The van der Waals surface area contributed by atoms with Crippen molar-refractivity contribution >= 4 is 11.9 Å². The van der Waals surface area contributed by atoms with Crippen LogP contribution in [0, 0.1) is 0 Å². The third kappa shape index (κ3) is 54.1. The second-order valence-corrected chi connectivity index (χ2v) is 2.58. The number of carbonyl (C=O) groups is 2. The molecule has 0 spiro atoms. The van der Waals surface area contributed by atoms with Crippen LogP contribution in [0.15, 0.2) is 24.3 Å². The molecule has 102 valence electrons. The Labute approximate surface area is 103 Å². The van der Waals surface area contributed by atoms with Gasteiger partial charge >= 0.3 is 11.9 Å². The maximum absolute atomic E-state index is 9.60. The second-order valence-electron chi connectivity index (χ2n) is 2.58. The van der Waals surface area contributed by atoms with Crippen LogP contribution in [0.2, 0.25) is 0 Å². The molecule has 0 aliphatic carbocycles. The molecule has 0 aliphatic rings. The van der Waals surface area contributed by atoms with Crippen LogP contribution < -0.4 is 0 Å². The Bertz CT molecular complexity index is 183. The number of rotatable bonds is 2. The highest BCUT2D eigenvalue weighted by Crippen LogP contribution is 1.81. The van der Waals surface area contributed by atoms with Gasteiger partial charge in [-0.05, 0) is 13.8 Å². The van der Waals surface area contributed by atoms with E-state index in [2.05, 4.69) is 17.9 Å². The predicted molar refractivity (Wildman–Crippen MR) is 69.2 cm³/mol. The topological polar surface area (TPSA) is 83.8 Å². The summed E-state index contributed by atoms with van der Waals surface area (Å²) in [7, 11) is 3.25. The molecule has 0 rings (SSSR count). The van der Waals surface area contributed by atoms with Crippen LogP contribution >= 0.6 is 0 Å². The molecule has 0 aromatic carbocycles. The summed E-state index contributed by atoms with van der Waals surface area (Å²) in [6.45, 7) is 13.2. The molecule has 0 aromatic rings. The molecule has 0 aromatic heterocycles. The first kappa shape index (κ1) is 24.6. The lowest BCUT2D eigenvalue weighted by molar-refractivity contribution is -0.133. The fraction of sp³-hybridized carbons (Fsp3) is 0.500. The average Bonchev–Trinajstić information content (AvgIpc) is 2.22. The van der Waals surface area contributed by atoms with Gasteiger partial charge in [0.05, 0.1) is 0 Å². The van der Waals surface area contributed by atoms with Crippen molar-refractivity contribution < 1.29 is 24.5 Å². The SMILES string of the molecule is C=C(C)C(=O)O.C=C(C)C(=O)O.CC.COC. The summed E-state index contributed by atoms with van der Waals surface area (Å²) in [6, 6.07) is 0. The molecule has 0 saturated heterocycles. The first-order valence-electron chi connectivity index (χ1n) is 4.88. The summed E-state index contributed by atoms with van der Waals surface area (Å²) in [4.78, 5) is 19.2. The van der Waals surface area contributed by atoms with Gasteiger partial charge in [0.15, 0.2) is 0 Å². The highest BCUT2D eigenvalue weighted by Gasteiger charge is 1.90. The van der Waals surface area contributed by atoms with Crippen LogP contribution in [0.25, 0.3) is 0 Å². The fourth-order valence-corrected chi connectivity index (χ4v) is 0. The molecule has 17 heavy (non-hydrogen) atoms. The van der Waals surface area contributed by atoms with Crippen molar-refractivity contribution in [1.82, 2.24) is 0 Å². The first-order valence-corrected chi connectivity index (χ1v) is 4.88. The van der Waals surface area contributed by atoms with E-state index in [1.807, 2.05) is 13.8 Å². The maximum atomic E-state index is 9.60. The van der Waals surface area contributed by atoms with Crippen LogP contribution in [0.3, 0.4) is 0 Å². The lowest BCUT2D eigenvalue weighted by Gasteiger charge is -1.79. The molecule has 0 bridgehead atoms. The summed E-state index contributed by atoms with van der Waals surface area (Å²) >= 11 is 0. The van der Waals surface area contributed by atoms with Crippen LogP contribution in [-0.2, 0) is 14.3 Å². The zero-order valence-electron chi connectivity index (χ0n) is 11.5. The molecular formula is C12H24O5. The average molecular weight is 248 g/mol. The molecule has 5 heteroatoms. The Kier molecular flexibility index (Phi) is 28.7. The van der Waals surface area contributed by atoms with Crippen LogP contribution in [-0.4, -0.2) is 36.4 Å². The molecule has 5 nitrogen and oxygen atoms in total. The third-order valence-corrected chi connectivity index (χ3v) is 0.730. The van der Waals surface area contributed by atoms with E-state index < -0.39 is 11.9 Å². The normalized spacial score (nSPS) is 6.71. The molecule has 2 N–H and O–H groups in total. The van der Waals surface area contributed by atoms with Crippen LogP contribution in [0.4, 0.5) is 0 Å². The molecule has 0 amide bonds. The smallest absolute Gasteiger partial charge is 0.330 e. The molecule has 0 unspecified atom stereocenters. The minimum Gasteiger partial charge on any atom is -0.478 e. The number of hydrogen-bond donors (Lipinski definition) is 2. The van der Waals surface area contributed by atoms with Crippen LogP contribution in [0.5, 0.6) is 0 Å². The lowest BCUT2D eigenvalue weighted by atomic mass is 10.4. The van der Waals surface area contributed by atoms with Crippen molar-refractivity contribution in [2.24, 2.45) is 0 Å². The summed E-state index contributed by atoms with van der Waals surface area (Å²) in [5, 5.41) is 15.8. The Morgan fingerprint density at radius 1 is 0.882 bits per heavy atom. The maximum Gasteiger partial charge on any atom is 0.330 e. The minimum absolute atomic E-state index is 0.176. The number of carboxylic acid groups (broad SMARTS) is 2. The van der Waals surface area contributed by atoms with Gasteiger partial charge in [0, 0.05) is 25.4 Å². The molecular weight excluding hydrogens is 224 g/mol. The number of aliphatic carboxylic acids is 2. The summed E-state index contributed by atoms with van der Waals surface area (Å²) in [5.41, 5.74) is 0.352. The van der Waals surface area contributed by atoms with E-state index in [0.717, 1.165) is 0 Å². The Hall–Kier alpha value is -1.62. The van der Waals surface area contributed by atoms with E-state index in [1.165, 1.54) is 13.8 Å². The van der Waals surface area contributed by atoms with E-state index in [1.54, 1.807) is 14.2 Å². The van der Waals surface area contributed by atoms with Crippen molar-refractivity contribution in [3.8, 4) is 0 Å². The van der Waals surface area contributed by atoms with E-state index in [-0.39, 0.29) is 11.1 Å². The highest BCUT2D eigenvalue weighted by molar-refractivity contribution is 5.85. The van der Waals surface area contributed by atoms with Crippen LogP contribution in [0.1, 0.15) is 27.7 Å². The van der Waals surface area contributed by atoms with Crippen molar-refractivity contribution in [3.05, 3.63) is 24.3 Å². The van der Waals surface area contributed by atoms with Gasteiger partial charge < -0.3 is 14.9 Å². The van der Waals surface area contributed by atoms with Gasteiger partial charge in [-0.2, -0.15) is 0 Å². The van der Waals surface area contributed by atoms with Gasteiger partial charge in [-0.15, -0.1) is 0 Å². The predicted octanol–water partition coefficient (Wildman–Crippen LogP) is 2.58. The summed E-state index contributed by atoms with van der Waals surface area (Å²) in [5.74, 6) is -1.87. The van der Waals surface area contributed by atoms with Crippen molar-refractivity contribution in [2.75, 3.05) is 14.2 Å². The largest absolute Gasteiger partial charge is 0.478 e. The minimum atomic E-state index is -0.935. The number of hydrogen-bond acceptors (Lipinski definition) is 3. The highest BCUT2D eigenvalue weighted by atomic mass is 16.4. The van der Waals surface area contributed by atoms with Crippen molar-refractivity contribution in [2.45, 2.75) is 27.7 Å². The summed E-state index contributed by atoms with van der Waals surface area (Å²) < 4.78 is 4.25. The second kappa shape index (κ2) is 19.9. The van der Waals surface area contributed by atoms with Gasteiger partial charge in [-0.3, -0.25) is 0 Å².